The molecule has 1 unspecified atom stereocenters. The summed E-state index contributed by atoms with van der Waals surface area (Å²) < 4.78 is 48.1. The smallest absolute Gasteiger partial charge is 0.245 e. The number of hydrogen-bond acceptors (Lipinski definition) is 3. The molecule has 0 aromatic rings. The molecule has 1 aliphatic heterocycles. The molecule has 1 aliphatic rings. The van der Waals surface area contributed by atoms with Crippen molar-refractivity contribution < 1.29 is 17.2 Å². The Balaban J connectivity index is 2.87. The molecule has 14 heavy (non-hydrogen) atoms. The number of alkyl halides is 2. The molecule has 0 bridgehead atoms. The van der Waals surface area contributed by atoms with Gasteiger partial charge in [-0.2, -0.15) is 0 Å². The van der Waals surface area contributed by atoms with Gasteiger partial charge in [-0.1, -0.05) is 0 Å². The van der Waals surface area contributed by atoms with Crippen molar-refractivity contribution >= 4 is 9.84 Å². The van der Waals surface area contributed by atoms with E-state index >= 15 is 0 Å². The first kappa shape index (κ1) is 11.8. The van der Waals surface area contributed by atoms with E-state index in [0.29, 0.717) is 6.42 Å². The first-order valence-electron chi connectivity index (χ1n) is 4.60. The second-order valence-electron chi connectivity index (χ2n) is 3.90. The second kappa shape index (κ2) is 4.10. The maximum atomic E-state index is 12.8. The summed E-state index contributed by atoms with van der Waals surface area (Å²) in [4.78, 5) is 0. The van der Waals surface area contributed by atoms with Gasteiger partial charge in [0.25, 0.3) is 0 Å². The van der Waals surface area contributed by atoms with Gasteiger partial charge in [-0.3, -0.25) is 0 Å². The van der Waals surface area contributed by atoms with E-state index in [9.17, 15) is 17.2 Å². The molecule has 1 heterocycles. The van der Waals surface area contributed by atoms with Gasteiger partial charge in [0.05, 0.1) is 11.5 Å². The summed E-state index contributed by atoms with van der Waals surface area (Å²) >= 11 is 0. The third-order valence-electron chi connectivity index (χ3n) is 2.74. The van der Waals surface area contributed by atoms with E-state index in [1.54, 1.807) is 0 Å². The lowest BCUT2D eigenvalue weighted by atomic mass is 9.82. The highest BCUT2D eigenvalue weighted by Crippen LogP contribution is 2.39. The summed E-state index contributed by atoms with van der Waals surface area (Å²) in [7, 11) is -3.29. The van der Waals surface area contributed by atoms with Crippen LogP contribution in [-0.4, -0.2) is 32.9 Å². The molecular formula is C8H15F2NO2S. The van der Waals surface area contributed by atoms with Crippen molar-refractivity contribution in [2.45, 2.75) is 25.7 Å². The summed E-state index contributed by atoms with van der Waals surface area (Å²) in [5.41, 5.74) is 3.86. The molecule has 0 aliphatic carbocycles. The predicted octanol–water partition coefficient (Wildman–Crippen LogP) is 0.795. The largest absolute Gasteiger partial charge is 0.330 e. The fourth-order valence-electron chi connectivity index (χ4n) is 1.99. The number of nitrogens with two attached hydrogens (primary N) is 1. The Hall–Kier alpha value is -0.230. The van der Waals surface area contributed by atoms with Crippen LogP contribution in [0.3, 0.4) is 0 Å². The van der Waals surface area contributed by atoms with E-state index < -0.39 is 27.4 Å². The van der Waals surface area contributed by atoms with Crippen molar-refractivity contribution in [1.82, 2.24) is 0 Å². The van der Waals surface area contributed by atoms with Crippen molar-refractivity contribution in [2.24, 2.45) is 11.1 Å². The number of sulfone groups is 1. The molecule has 0 amide bonds. The van der Waals surface area contributed by atoms with E-state index in [1.807, 2.05) is 0 Å². The van der Waals surface area contributed by atoms with Gasteiger partial charge in [-0.25, -0.2) is 17.2 Å². The standard InChI is InChI=1S/C8H15F2NO2S/c9-7(10)8(3-4-11)2-1-5-14(12,13)6-8/h7H,1-6,11H2. The molecule has 1 atom stereocenters. The van der Waals surface area contributed by atoms with Gasteiger partial charge >= 0.3 is 0 Å². The molecule has 0 saturated carbocycles. The van der Waals surface area contributed by atoms with E-state index in [4.69, 9.17) is 5.73 Å². The van der Waals surface area contributed by atoms with Crippen LogP contribution >= 0.6 is 0 Å². The van der Waals surface area contributed by atoms with Crippen LogP contribution in [0.2, 0.25) is 0 Å². The third kappa shape index (κ3) is 2.42. The summed E-state index contributed by atoms with van der Waals surface area (Å²) in [5.74, 6) is -0.374. The Labute approximate surface area is 82.6 Å². The minimum Gasteiger partial charge on any atom is -0.330 e. The van der Waals surface area contributed by atoms with E-state index in [2.05, 4.69) is 0 Å². The molecule has 84 valence electrons. The van der Waals surface area contributed by atoms with Crippen LogP contribution < -0.4 is 5.73 Å². The molecule has 1 saturated heterocycles. The van der Waals surface area contributed by atoms with E-state index in [1.165, 1.54) is 0 Å². The number of rotatable bonds is 3. The fraction of sp³-hybridized carbons (Fsp3) is 1.00. The average molecular weight is 227 g/mol. The molecule has 1 fully saturated rings. The number of halogens is 2. The molecule has 0 aromatic carbocycles. The highest BCUT2D eigenvalue weighted by atomic mass is 32.2. The maximum absolute atomic E-state index is 12.8. The summed E-state index contributed by atoms with van der Waals surface area (Å²) in [5, 5.41) is 0. The van der Waals surface area contributed by atoms with Crippen LogP contribution in [0, 0.1) is 5.41 Å². The van der Waals surface area contributed by atoms with Gasteiger partial charge in [0, 0.05) is 5.41 Å². The highest BCUT2D eigenvalue weighted by molar-refractivity contribution is 7.91. The monoisotopic (exact) mass is 227 g/mol. The van der Waals surface area contributed by atoms with Gasteiger partial charge < -0.3 is 5.73 Å². The van der Waals surface area contributed by atoms with Gasteiger partial charge in [0.1, 0.15) is 0 Å². The maximum Gasteiger partial charge on any atom is 0.245 e. The van der Waals surface area contributed by atoms with Crippen LogP contribution in [0.4, 0.5) is 8.78 Å². The van der Waals surface area contributed by atoms with Crippen molar-refractivity contribution in [3.63, 3.8) is 0 Å². The first-order chi connectivity index (χ1) is 6.42. The second-order valence-corrected chi connectivity index (χ2v) is 6.08. The van der Waals surface area contributed by atoms with Gasteiger partial charge in [-0.05, 0) is 25.8 Å². The molecule has 0 radical (unpaired) electrons. The topological polar surface area (TPSA) is 60.2 Å². The summed E-state index contributed by atoms with van der Waals surface area (Å²) in [6.45, 7) is 0.111. The first-order valence-corrected chi connectivity index (χ1v) is 6.43. The highest BCUT2D eigenvalue weighted by Gasteiger charge is 2.45. The van der Waals surface area contributed by atoms with Crippen LogP contribution in [-0.2, 0) is 9.84 Å². The Bertz CT molecular complexity index is 288. The molecule has 1 rings (SSSR count). The van der Waals surface area contributed by atoms with Crippen LogP contribution in [0.25, 0.3) is 0 Å². The average Bonchev–Trinajstić information content (AvgIpc) is 2.02. The molecule has 2 N–H and O–H groups in total. The van der Waals surface area contributed by atoms with Crippen molar-refractivity contribution in [3.8, 4) is 0 Å². The lowest BCUT2D eigenvalue weighted by Crippen LogP contribution is -2.43. The lowest BCUT2D eigenvalue weighted by molar-refractivity contribution is -0.00353. The predicted molar refractivity (Wildman–Crippen MR) is 50.0 cm³/mol. The Morgan fingerprint density at radius 2 is 2.07 bits per heavy atom. The fourth-order valence-corrected chi connectivity index (χ4v) is 4.01. The Kier molecular flexibility index (Phi) is 3.47. The summed E-state index contributed by atoms with van der Waals surface area (Å²) in [6, 6.07) is 0. The Morgan fingerprint density at radius 1 is 1.43 bits per heavy atom. The van der Waals surface area contributed by atoms with Crippen molar-refractivity contribution in [3.05, 3.63) is 0 Å². The van der Waals surface area contributed by atoms with Crippen LogP contribution in [0.5, 0.6) is 0 Å². The quantitative estimate of drug-likeness (QED) is 0.775. The molecule has 6 heteroatoms. The minimum absolute atomic E-state index is 0.0338. The van der Waals surface area contributed by atoms with Gasteiger partial charge in [0.2, 0.25) is 6.43 Å². The molecule has 0 spiro atoms. The minimum atomic E-state index is -3.29. The zero-order valence-corrected chi connectivity index (χ0v) is 8.69. The molecule has 3 nitrogen and oxygen atoms in total. The van der Waals surface area contributed by atoms with Crippen molar-refractivity contribution in [2.75, 3.05) is 18.1 Å². The molecule has 0 aromatic heterocycles. The Morgan fingerprint density at radius 3 is 2.50 bits per heavy atom. The zero-order chi connectivity index (χ0) is 10.8. The van der Waals surface area contributed by atoms with Crippen LogP contribution in [0.1, 0.15) is 19.3 Å². The van der Waals surface area contributed by atoms with E-state index in [0.717, 1.165) is 0 Å². The lowest BCUT2D eigenvalue weighted by Gasteiger charge is -2.35. The zero-order valence-electron chi connectivity index (χ0n) is 7.88. The van der Waals surface area contributed by atoms with E-state index in [-0.39, 0.29) is 25.1 Å². The normalized spacial score (nSPS) is 32.0. The van der Waals surface area contributed by atoms with Gasteiger partial charge in [-0.15, -0.1) is 0 Å². The SMILES string of the molecule is NCCC1(C(F)F)CCCS(=O)(=O)C1. The third-order valence-corrected chi connectivity index (χ3v) is 4.67. The summed E-state index contributed by atoms with van der Waals surface area (Å²) in [6.07, 6.45) is -1.92. The number of hydrogen-bond donors (Lipinski definition) is 1. The molecular weight excluding hydrogens is 212 g/mol. The van der Waals surface area contributed by atoms with Crippen LogP contribution in [0.15, 0.2) is 0 Å². The van der Waals surface area contributed by atoms with Crippen molar-refractivity contribution in [1.29, 1.82) is 0 Å². The van der Waals surface area contributed by atoms with Gasteiger partial charge in [0.15, 0.2) is 9.84 Å².